The molecule has 0 radical (unpaired) electrons. The topological polar surface area (TPSA) is 99.3 Å². The SMILES string of the molecule is Cc1ccc(NC(=O)C(C)N2C(=O)C3C4CC(C3C2=O)C2C(c3ccccc3)c3sc(=O)[nH]c3SC42)cc1. The summed E-state index contributed by atoms with van der Waals surface area (Å²) in [5, 5.41) is 3.90. The van der Waals surface area contributed by atoms with Crippen LogP contribution in [0.3, 0.4) is 0 Å². The Morgan fingerprint density at radius 3 is 2.39 bits per heavy atom. The normalized spacial score (nSPS) is 31.6. The Labute approximate surface area is 228 Å². The van der Waals surface area contributed by atoms with Gasteiger partial charge in [-0.2, -0.15) is 0 Å². The molecule has 4 aliphatic rings. The van der Waals surface area contributed by atoms with Crippen LogP contribution in [0.25, 0.3) is 0 Å². The molecule has 3 heterocycles. The van der Waals surface area contributed by atoms with Crippen LogP contribution in [0, 0.1) is 36.5 Å². The first-order chi connectivity index (χ1) is 18.3. The van der Waals surface area contributed by atoms with Gasteiger partial charge in [-0.25, -0.2) is 0 Å². The molecule has 9 heteroatoms. The number of aromatic nitrogens is 1. The van der Waals surface area contributed by atoms with E-state index in [-0.39, 0.29) is 51.5 Å². The Hall–Kier alpha value is -3.17. The highest BCUT2D eigenvalue weighted by molar-refractivity contribution is 8.00. The number of imide groups is 1. The van der Waals surface area contributed by atoms with Crippen LogP contribution in [0.1, 0.15) is 35.3 Å². The van der Waals surface area contributed by atoms with Gasteiger partial charge >= 0.3 is 4.87 Å². The Morgan fingerprint density at radius 1 is 1.00 bits per heavy atom. The number of carbonyl (C=O) groups excluding carboxylic acids is 3. The summed E-state index contributed by atoms with van der Waals surface area (Å²) < 4.78 is 0. The van der Waals surface area contributed by atoms with Crippen molar-refractivity contribution in [3.05, 3.63) is 80.3 Å². The average molecular weight is 546 g/mol. The van der Waals surface area contributed by atoms with E-state index in [9.17, 15) is 19.2 Å². The van der Waals surface area contributed by atoms with Crippen LogP contribution in [-0.2, 0) is 14.4 Å². The summed E-state index contributed by atoms with van der Waals surface area (Å²) in [6, 6.07) is 16.8. The smallest absolute Gasteiger partial charge is 0.305 e. The van der Waals surface area contributed by atoms with E-state index < -0.39 is 17.9 Å². The molecule has 2 bridgehead atoms. The van der Waals surface area contributed by atoms with E-state index in [0.717, 1.165) is 27.5 Å². The van der Waals surface area contributed by atoms with Crippen LogP contribution in [-0.4, -0.2) is 38.9 Å². The van der Waals surface area contributed by atoms with Gasteiger partial charge in [0.15, 0.2) is 0 Å². The summed E-state index contributed by atoms with van der Waals surface area (Å²) in [6.45, 7) is 3.61. The van der Waals surface area contributed by atoms with Crippen molar-refractivity contribution in [2.45, 2.75) is 42.5 Å². The molecule has 2 aliphatic heterocycles. The van der Waals surface area contributed by atoms with Crippen molar-refractivity contribution < 1.29 is 14.4 Å². The number of nitrogens with one attached hydrogen (secondary N) is 2. The van der Waals surface area contributed by atoms with Crippen LogP contribution in [0.4, 0.5) is 5.69 Å². The molecule has 2 N–H and O–H groups in total. The summed E-state index contributed by atoms with van der Waals surface area (Å²) in [4.78, 5) is 58.3. The summed E-state index contributed by atoms with van der Waals surface area (Å²) >= 11 is 2.93. The molecule has 3 amide bonds. The van der Waals surface area contributed by atoms with E-state index >= 15 is 0 Å². The van der Waals surface area contributed by atoms with Gasteiger partial charge in [0.05, 0.1) is 16.9 Å². The highest BCUT2D eigenvalue weighted by Crippen LogP contribution is 2.68. The Bertz CT molecular complexity index is 1510. The molecule has 3 fully saturated rings. The third-order valence-corrected chi connectivity index (χ3v) is 11.6. The molecule has 2 aromatic carbocycles. The number of thiazole rings is 1. The van der Waals surface area contributed by atoms with Crippen LogP contribution in [0.5, 0.6) is 0 Å². The predicted molar refractivity (Wildman–Crippen MR) is 146 cm³/mol. The Balaban J connectivity index is 1.20. The van der Waals surface area contributed by atoms with Crippen LogP contribution >= 0.6 is 23.1 Å². The number of fused-ring (bicyclic) bond motifs is 9. The zero-order valence-electron chi connectivity index (χ0n) is 20.9. The van der Waals surface area contributed by atoms with Gasteiger partial charge < -0.3 is 10.3 Å². The molecule has 2 aliphatic carbocycles. The summed E-state index contributed by atoms with van der Waals surface area (Å²) in [5.41, 5.74) is 2.86. The zero-order valence-corrected chi connectivity index (χ0v) is 22.6. The molecule has 1 saturated heterocycles. The van der Waals surface area contributed by atoms with Gasteiger partial charge in [0.1, 0.15) is 6.04 Å². The second kappa shape index (κ2) is 8.68. The number of anilines is 1. The molecule has 7 rings (SSSR count). The van der Waals surface area contributed by atoms with E-state index in [1.165, 1.54) is 16.2 Å². The van der Waals surface area contributed by atoms with Crippen molar-refractivity contribution in [3.8, 4) is 0 Å². The predicted octanol–water partition coefficient (Wildman–Crippen LogP) is 4.25. The number of carbonyl (C=O) groups is 3. The van der Waals surface area contributed by atoms with Gasteiger partial charge in [0, 0.05) is 21.7 Å². The van der Waals surface area contributed by atoms with E-state index in [1.54, 1.807) is 18.7 Å². The minimum Gasteiger partial charge on any atom is -0.324 e. The summed E-state index contributed by atoms with van der Waals surface area (Å²) in [7, 11) is 0. The fourth-order valence-corrected chi connectivity index (χ4v) is 10.3. The first kappa shape index (κ1) is 23.9. The minimum atomic E-state index is -0.890. The lowest BCUT2D eigenvalue weighted by atomic mass is 9.68. The molecule has 0 spiro atoms. The number of benzene rings is 2. The third-order valence-electron chi connectivity index (χ3n) is 9.00. The average Bonchev–Trinajstić information content (AvgIpc) is 3.64. The number of nitrogens with zero attached hydrogens (tertiary/aromatic N) is 1. The highest BCUT2D eigenvalue weighted by atomic mass is 32.2. The molecule has 194 valence electrons. The standard InChI is InChI=1S/C29H27N3O4S2/c1-13-8-10-16(11-9-13)30-25(33)14(2)32-27(34)21-17-12-18(22(21)28(32)35)23-20(17)19(15-6-4-3-5-7-15)24-26(37-23)31-29(36)38-24/h3-11,14,17-23H,12H2,1-2H3,(H,30,33)(H,31,36). The van der Waals surface area contributed by atoms with Crippen molar-refractivity contribution >= 4 is 46.5 Å². The van der Waals surface area contributed by atoms with Crippen LogP contribution in [0.15, 0.2) is 64.4 Å². The van der Waals surface area contributed by atoms with E-state index in [2.05, 4.69) is 22.4 Å². The van der Waals surface area contributed by atoms with E-state index in [0.29, 0.717) is 5.69 Å². The second-order valence-corrected chi connectivity index (χ2v) is 13.2. The molecular formula is C29H27N3O4S2. The number of rotatable bonds is 4. The van der Waals surface area contributed by atoms with Crippen molar-refractivity contribution in [1.82, 2.24) is 9.88 Å². The zero-order chi connectivity index (χ0) is 26.3. The number of likely N-dealkylation sites (tertiary alicyclic amines) is 1. The Morgan fingerprint density at radius 2 is 1.68 bits per heavy atom. The first-order valence-electron chi connectivity index (χ1n) is 13.0. The quantitative estimate of drug-likeness (QED) is 0.478. The number of aryl methyl sites for hydroxylation is 1. The highest BCUT2D eigenvalue weighted by Gasteiger charge is 2.70. The van der Waals surface area contributed by atoms with Gasteiger partial charge in [-0.05, 0) is 55.7 Å². The molecule has 1 aromatic heterocycles. The number of amides is 3. The largest absolute Gasteiger partial charge is 0.324 e. The number of H-pyrrole nitrogens is 1. The van der Waals surface area contributed by atoms with E-state index in [4.69, 9.17) is 0 Å². The number of hydrogen-bond acceptors (Lipinski definition) is 6. The lowest BCUT2D eigenvalue weighted by Gasteiger charge is -2.43. The lowest BCUT2D eigenvalue weighted by Crippen LogP contribution is -2.46. The van der Waals surface area contributed by atoms with Crippen molar-refractivity contribution in [2.75, 3.05) is 5.32 Å². The molecule has 8 atom stereocenters. The monoisotopic (exact) mass is 545 g/mol. The maximum Gasteiger partial charge on any atom is 0.305 e. The van der Waals surface area contributed by atoms with Crippen LogP contribution in [0.2, 0.25) is 0 Å². The number of aromatic amines is 1. The fraction of sp³-hybridized carbons (Fsp3) is 0.379. The molecule has 3 aromatic rings. The molecule has 2 saturated carbocycles. The van der Waals surface area contributed by atoms with Crippen LogP contribution < -0.4 is 10.2 Å². The number of thioether (sulfide) groups is 1. The van der Waals surface area contributed by atoms with Crippen molar-refractivity contribution in [1.29, 1.82) is 0 Å². The Kier molecular flexibility index (Phi) is 5.46. The van der Waals surface area contributed by atoms with Gasteiger partial charge in [0.25, 0.3) is 0 Å². The second-order valence-electron chi connectivity index (χ2n) is 10.9. The minimum absolute atomic E-state index is 0.0107. The molecule has 38 heavy (non-hydrogen) atoms. The van der Waals surface area contributed by atoms with Crippen molar-refractivity contribution in [3.63, 3.8) is 0 Å². The molecule has 8 unspecified atom stereocenters. The number of hydrogen-bond donors (Lipinski definition) is 2. The van der Waals surface area contributed by atoms with E-state index in [1.807, 2.05) is 49.4 Å². The van der Waals surface area contributed by atoms with Crippen molar-refractivity contribution in [2.24, 2.45) is 29.6 Å². The first-order valence-corrected chi connectivity index (χ1v) is 14.7. The third kappa shape index (κ3) is 3.41. The van der Waals surface area contributed by atoms with Gasteiger partial charge in [-0.3, -0.25) is 24.1 Å². The van der Waals surface area contributed by atoms with Gasteiger partial charge in [-0.1, -0.05) is 59.4 Å². The molecular weight excluding hydrogens is 518 g/mol. The lowest BCUT2D eigenvalue weighted by molar-refractivity contribution is -0.146. The van der Waals surface area contributed by atoms with Gasteiger partial charge in [0.2, 0.25) is 17.7 Å². The summed E-state index contributed by atoms with van der Waals surface area (Å²) in [6.07, 6.45) is 0.829. The molecule has 7 nitrogen and oxygen atoms in total. The van der Waals surface area contributed by atoms with Gasteiger partial charge in [-0.15, -0.1) is 11.8 Å². The fourth-order valence-electron chi connectivity index (χ4n) is 7.46. The maximum atomic E-state index is 13.9. The maximum absolute atomic E-state index is 13.9. The summed E-state index contributed by atoms with van der Waals surface area (Å²) in [5.74, 6) is -1.38.